The summed E-state index contributed by atoms with van der Waals surface area (Å²) < 4.78 is 13.9. The molecule has 0 bridgehead atoms. The summed E-state index contributed by atoms with van der Waals surface area (Å²) in [5.74, 6) is -0.192. The number of carbonyl (C=O) groups excluding carboxylic acids is 2. The summed E-state index contributed by atoms with van der Waals surface area (Å²) in [5, 5.41) is 0. The Balaban J connectivity index is 1.24. The molecule has 1 fully saturated rings. The zero-order valence-electron chi connectivity index (χ0n) is 16.5. The number of amides is 2. The van der Waals surface area contributed by atoms with Crippen molar-refractivity contribution >= 4 is 17.5 Å². The molecule has 4 rings (SSSR count). The Bertz CT molecular complexity index is 893. The lowest BCUT2D eigenvalue weighted by atomic mass is 9.99. The highest BCUT2D eigenvalue weighted by Crippen LogP contribution is 2.21. The second-order valence-electron chi connectivity index (χ2n) is 7.65. The molecule has 0 radical (unpaired) electrons. The number of halogens is 1. The minimum absolute atomic E-state index is 0.00365. The molecule has 0 aromatic heterocycles. The van der Waals surface area contributed by atoms with Gasteiger partial charge in [-0.25, -0.2) is 4.39 Å². The van der Waals surface area contributed by atoms with E-state index in [9.17, 15) is 14.0 Å². The number of nitrogens with zero attached hydrogens (tertiary/aromatic N) is 3. The van der Waals surface area contributed by atoms with Crippen molar-refractivity contribution in [1.82, 2.24) is 9.80 Å². The minimum atomic E-state index is -0.235. The Kier molecular flexibility index (Phi) is 5.79. The average molecular weight is 395 g/mol. The van der Waals surface area contributed by atoms with Gasteiger partial charge in [0.1, 0.15) is 5.82 Å². The van der Waals surface area contributed by atoms with E-state index in [0.29, 0.717) is 45.0 Å². The van der Waals surface area contributed by atoms with Gasteiger partial charge in [-0.3, -0.25) is 9.59 Å². The summed E-state index contributed by atoms with van der Waals surface area (Å²) in [5.41, 5.74) is 3.09. The van der Waals surface area contributed by atoms with Crippen LogP contribution in [-0.4, -0.2) is 54.3 Å². The van der Waals surface area contributed by atoms with Crippen molar-refractivity contribution in [3.05, 3.63) is 65.5 Å². The fourth-order valence-electron chi connectivity index (χ4n) is 4.14. The van der Waals surface area contributed by atoms with Crippen LogP contribution >= 0.6 is 0 Å². The van der Waals surface area contributed by atoms with Crippen LogP contribution in [0.4, 0.5) is 10.1 Å². The van der Waals surface area contributed by atoms with Gasteiger partial charge in [-0.1, -0.05) is 36.4 Å². The first-order valence-electron chi connectivity index (χ1n) is 10.2. The molecule has 0 atom stereocenters. The van der Waals surface area contributed by atoms with E-state index in [1.807, 2.05) is 28.0 Å². The summed E-state index contributed by atoms with van der Waals surface area (Å²) in [6.45, 7) is 3.65. The van der Waals surface area contributed by atoms with Crippen LogP contribution in [0.15, 0.2) is 48.5 Å². The molecule has 29 heavy (non-hydrogen) atoms. The molecule has 0 spiro atoms. The van der Waals surface area contributed by atoms with Gasteiger partial charge in [-0.2, -0.15) is 0 Å². The fourth-order valence-corrected chi connectivity index (χ4v) is 4.14. The van der Waals surface area contributed by atoms with Crippen LogP contribution in [0.1, 0.15) is 24.0 Å². The van der Waals surface area contributed by atoms with Gasteiger partial charge in [-0.15, -0.1) is 0 Å². The standard InChI is InChI=1S/C23H26FN3O2/c24-20-7-3-4-8-21(20)25-13-15-26(16-14-25)22(28)9-10-23(29)27-12-11-18-5-1-2-6-19(18)17-27/h1-8H,9-17H2. The molecule has 2 aliphatic heterocycles. The first-order chi connectivity index (χ1) is 14.1. The topological polar surface area (TPSA) is 43.9 Å². The third kappa shape index (κ3) is 4.42. The predicted molar refractivity (Wildman–Crippen MR) is 110 cm³/mol. The first-order valence-corrected chi connectivity index (χ1v) is 10.2. The summed E-state index contributed by atoms with van der Waals surface area (Å²) in [7, 11) is 0. The Morgan fingerprint density at radius 2 is 1.38 bits per heavy atom. The Labute approximate surface area is 170 Å². The number of fused-ring (bicyclic) bond motifs is 1. The molecule has 2 aromatic carbocycles. The van der Waals surface area contributed by atoms with Crippen LogP contribution in [0.5, 0.6) is 0 Å². The van der Waals surface area contributed by atoms with Crippen LogP contribution in [0, 0.1) is 5.82 Å². The molecule has 0 unspecified atom stereocenters. The molecule has 152 valence electrons. The van der Waals surface area contributed by atoms with Gasteiger partial charge in [0.05, 0.1) is 5.69 Å². The number of carbonyl (C=O) groups is 2. The number of para-hydroxylation sites is 1. The van der Waals surface area contributed by atoms with E-state index < -0.39 is 0 Å². The van der Waals surface area contributed by atoms with E-state index in [-0.39, 0.29) is 30.5 Å². The molecule has 0 saturated carbocycles. The number of piperazine rings is 1. The van der Waals surface area contributed by atoms with Gasteiger partial charge in [-0.05, 0) is 29.7 Å². The SMILES string of the molecule is O=C(CCC(=O)N1CCc2ccccc2C1)N1CCN(c2ccccc2F)CC1. The molecule has 1 saturated heterocycles. The van der Waals surface area contributed by atoms with E-state index in [1.165, 1.54) is 17.2 Å². The number of anilines is 1. The molecule has 0 N–H and O–H groups in total. The second-order valence-corrected chi connectivity index (χ2v) is 7.65. The second kappa shape index (κ2) is 8.64. The molecule has 6 heteroatoms. The van der Waals surface area contributed by atoms with E-state index in [1.54, 1.807) is 17.0 Å². The Morgan fingerprint density at radius 1 is 0.759 bits per heavy atom. The highest BCUT2D eigenvalue weighted by Gasteiger charge is 2.25. The van der Waals surface area contributed by atoms with E-state index in [4.69, 9.17) is 0 Å². The quantitative estimate of drug-likeness (QED) is 0.800. The van der Waals surface area contributed by atoms with Crippen LogP contribution < -0.4 is 4.90 Å². The molecular weight excluding hydrogens is 369 g/mol. The van der Waals surface area contributed by atoms with Crippen molar-refractivity contribution < 1.29 is 14.0 Å². The third-order valence-corrected chi connectivity index (χ3v) is 5.86. The monoisotopic (exact) mass is 395 g/mol. The predicted octanol–water partition coefficient (Wildman–Crippen LogP) is 2.84. The first kappa shape index (κ1) is 19.4. The molecule has 2 heterocycles. The zero-order valence-corrected chi connectivity index (χ0v) is 16.5. The summed E-state index contributed by atoms with van der Waals surface area (Å²) in [4.78, 5) is 30.7. The number of rotatable bonds is 4. The maximum Gasteiger partial charge on any atom is 0.223 e. The maximum absolute atomic E-state index is 13.9. The van der Waals surface area contributed by atoms with E-state index in [2.05, 4.69) is 12.1 Å². The van der Waals surface area contributed by atoms with Crippen molar-refractivity contribution in [2.75, 3.05) is 37.6 Å². The van der Waals surface area contributed by atoms with Crippen LogP contribution in [0.3, 0.4) is 0 Å². The minimum Gasteiger partial charge on any atom is -0.366 e. The van der Waals surface area contributed by atoms with Gasteiger partial charge < -0.3 is 14.7 Å². The third-order valence-electron chi connectivity index (χ3n) is 5.86. The smallest absolute Gasteiger partial charge is 0.223 e. The maximum atomic E-state index is 13.9. The summed E-state index contributed by atoms with van der Waals surface area (Å²) in [6.07, 6.45) is 1.35. The lowest BCUT2D eigenvalue weighted by Gasteiger charge is -2.36. The van der Waals surface area contributed by atoms with Gasteiger partial charge in [0.15, 0.2) is 0 Å². The molecule has 2 aliphatic rings. The average Bonchev–Trinajstić information content (AvgIpc) is 2.77. The lowest BCUT2D eigenvalue weighted by molar-refractivity contribution is -0.137. The number of hydrogen-bond acceptors (Lipinski definition) is 3. The Morgan fingerprint density at radius 3 is 2.10 bits per heavy atom. The van der Waals surface area contributed by atoms with Crippen molar-refractivity contribution in [2.45, 2.75) is 25.8 Å². The highest BCUT2D eigenvalue weighted by molar-refractivity contribution is 5.84. The molecule has 2 amide bonds. The number of benzene rings is 2. The van der Waals surface area contributed by atoms with Crippen molar-refractivity contribution in [2.24, 2.45) is 0 Å². The summed E-state index contributed by atoms with van der Waals surface area (Å²) >= 11 is 0. The molecule has 2 aromatic rings. The molecule has 0 aliphatic carbocycles. The van der Waals surface area contributed by atoms with Gasteiger partial charge in [0.2, 0.25) is 11.8 Å². The van der Waals surface area contributed by atoms with Crippen LogP contribution in [-0.2, 0) is 22.6 Å². The van der Waals surface area contributed by atoms with Gasteiger partial charge in [0.25, 0.3) is 0 Å². The lowest BCUT2D eigenvalue weighted by Crippen LogP contribution is -2.49. The van der Waals surface area contributed by atoms with Crippen LogP contribution in [0.2, 0.25) is 0 Å². The molecular formula is C23H26FN3O2. The van der Waals surface area contributed by atoms with Gasteiger partial charge >= 0.3 is 0 Å². The largest absolute Gasteiger partial charge is 0.366 e. The fraction of sp³-hybridized carbons (Fsp3) is 0.391. The van der Waals surface area contributed by atoms with Crippen LogP contribution in [0.25, 0.3) is 0 Å². The van der Waals surface area contributed by atoms with E-state index >= 15 is 0 Å². The summed E-state index contributed by atoms with van der Waals surface area (Å²) in [6, 6.07) is 14.9. The zero-order chi connectivity index (χ0) is 20.2. The highest BCUT2D eigenvalue weighted by atomic mass is 19.1. The van der Waals surface area contributed by atoms with Crippen molar-refractivity contribution in [3.8, 4) is 0 Å². The van der Waals surface area contributed by atoms with Gasteiger partial charge in [0, 0.05) is 52.1 Å². The van der Waals surface area contributed by atoms with E-state index in [0.717, 1.165) is 6.42 Å². The van der Waals surface area contributed by atoms with Crippen molar-refractivity contribution in [1.29, 1.82) is 0 Å². The number of hydrogen-bond donors (Lipinski definition) is 0. The normalized spacial score (nSPS) is 16.5. The Hall–Kier alpha value is -2.89. The van der Waals surface area contributed by atoms with Crippen molar-refractivity contribution in [3.63, 3.8) is 0 Å². The molecule has 5 nitrogen and oxygen atoms in total.